The van der Waals surface area contributed by atoms with Crippen molar-refractivity contribution in [3.05, 3.63) is 20.8 Å². The molecule has 0 bridgehead atoms. The second-order valence-electron chi connectivity index (χ2n) is 7.24. The van der Waals surface area contributed by atoms with Gasteiger partial charge in [-0.05, 0) is 68.1 Å². The second-order valence-corrected chi connectivity index (χ2v) is 9.73. The lowest BCUT2D eigenvalue weighted by Crippen LogP contribution is -2.44. The van der Waals surface area contributed by atoms with E-state index in [9.17, 15) is 4.79 Å². The molecule has 1 aromatic rings. The molecule has 2 unspecified atom stereocenters. The maximum atomic E-state index is 11.8. The third-order valence-corrected chi connectivity index (χ3v) is 4.96. The van der Waals surface area contributed by atoms with Crippen molar-refractivity contribution in [1.29, 1.82) is 0 Å². The van der Waals surface area contributed by atoms with Gasteiger partial charge in [0.1, 0.15) is 5.60 Å². The summed E-state index contributed by atoms with van der Waals surface area (Å²) < 4.78 is 6.44. The zero-order chi connectivity index (χ0) is 17.6. The summed E-state index contributed by atoms with van der Waals surface area (Å²) in [6.07, 6.45) is 0.631. The van der Waals surface area contributed by atoms with Crippen LogP contribution in [0.15, 0.2) is 15.9 Å². The zero-order valence-corrected chi connectivity index (χ0v) is 17.3. The van der Waals surface area contributed by atoms with Crippen LogP contribution in [-0.4, -0.2) is 24.3 Å². The smallest absolute Gasteiger partial charge is 0.407 e. The minimum atomic E-state index is -0.471. The quantitative estimate of drug-likeness (QED) is 0.664. The molecule has 0 saturated carbocycles. The lowest BCUT2D eigenvalue weighted by molar-refractivity contribution is 0.0520. The number of rotatable bonds is 7. The van der Waals surface area contributed by atoms with Crippen molar-refractivity contribution in [3.63, 3.8) is 0 Å². The van der Waals surface area contributed by atoms with Crippen molar-refractivity contribution < 1.29 is 9.53 Å². The average Bonchev–Trinajstić information content (AvgIpc) is 2.80. The van der Waals surface area contributed by atoms with Crippen LogP contribution in [0.3, 0.4) is 0 Å². The third kappa shape index (κ3) is 8.72. The number of carbonyl (C=O) groups excluding carboxylic acids is 1. The van der Waals surface area contributed by atoms with E-state index < -0.39 is 5.60 Å². The molecule has 1 amide bonds. The van der Waals surface area contributed by atoms with Gasteiger partial charge in [-0.3, -0.25) is 0 Å². The standard InChI is InChI=1S/C17H29BrN2O2S/c1-11(2)9-13(10-19-16(21)22-17(4,5)6)20-12(3)14-7-8-15(18)23-14/h7-8,11-13,20H,9-10H2,1-6H3,(H,19,21). The largest absolute Gasteiger partial charge is 0.444 e. The third-order valence-electron chi connectivity index (χ3n) is 3.15. The van der Waals surface area contributed by atoms with E-state index in [-0.39, 0.29) is 18.2 Å². The molecule has 0 aromatic carbocycles. The van der Waals surface area contributed by atoms with Crippen LogP contribution in [0.25, 0.3) is 0 Å². The first kappa shape index (κ1) is 20.5. The minimum Gasteiger partial charge on any atom is -0.444 e. The number of halogens is 1. The van der Waals surface area contributed by atoms with Gasteiger partial charge in [0, 0.05) is 23.5 Å². The molecule has 0 spiro atoms. The van der Waals surface area contributed by atoms with Gasteiger partial charge in [-0.25, -0.2) is 4.79 Å². The fourth-order valence-corrected chi connectivity index (χ4v) is 3.73. The summed E-state index contributed by atoms with van der Waals surface area (Å²) in [5.74, 6) is 0.551. The van der Waals surface area contributed by atoms with Crippen LogP contribution in [0, 0.1) is 5.92 Å². The van der Waals surface area contributed by atoms with Crippen LogP contribution < -0.4 is 10.6 Å². The highest BCUT2D eigenvalue weighted by molar-refractivity contribution is 9.11. The summed E-state index contributed by atoms with van der Waals surface area (Å²) in [5.41, 5.74) is -0.471. The second kappa shape index (κ2) is 9.04. The number of hydrogen-bond acceptors (Lipinski definition) is 4. The van der Waals surface area contributed by atoms with Crippen molar-refractivity contribution >= 4 is 33.4 Å². The van der Waals surface area contributed by atoms with Gasteiger partial charge in [-0.1, -0.05) is 13.8 Å². The van der Waals surface area contributed by atoms with Gasteiger partial charge in [0.25, 0.3) is 0 Å². The molecule has 0 aliphatic rings. The van der Waals surface area contributed by atoms with Gasteiger partial charge in [0.15, 0.2) is 0 Å². The Bertz CT molecular complexity index is 497. The van der Waals surface area contributed by atoms with Gasteiger partial charge in [0.05, 0.1) is 3.79 Å². The molecule has 1 aromatic heterocycles. The Kier molecular flexibility index (Phi) is 8.04. The van der Waals surface area contributed by atoms with Gasteiger partial charge >= 0.3 is 6.09 Å². The number of hydrogen-bond donors (Lipinski definition) is 2. The molecule has 2 atom stereocenters. The van der Waals surface area contributed by atoms with E-state index in [1.165, 1.54) is 4.88 Å². The van der Waals surface area contributed by atoms with Crippen LogP contribution in [-0.2, 0) is 4.74 Å². The molecule has 6 heteroatoms. The van der Waals surface area contributed by atoms with Crippen molar-refractivity contribution in [2.45, 2.75) is 65.6 Å². The molecule has 0 radical (unpaired) electrons. The Hall–Kier alpha value is -0.590. The van der Waals surface area contributed by atoms with Crippen molar-refractivity contribution in [2.24, 2.45) is 5.92 Å². The summed E-state index contributed by atoms with van der Waals surface area (Å²) in [7, 11) is 0. The summed E-state index contributed by atoms with van der Waals surface area (Å²) in [6, 6.07) is 4.64. The molecule has 0 saturated heterocycles. The highest BCUT2D eigenvalue weighted by Gasteiger charge is 2.20. The van der Waals surface area contributed by atoms with Crippen LogP contribution in [0.4, 0.5) is 4.79 Å². The number of nitrogens with one attached hydrogen (secondary N) is 2. The maximum Gasteiger partial charge on any atom is 0.407 e. The maximum absolute atomic E-state index is 11.8. The first-order valence-corrected chi connectivity index (χ1v) is 9.66. The zero-order valence-electron chi connectivity index (χ0n) is 14.9. The molecule has 1 heterocycles. The van der Waals surface area contributed by atoms with E-state index in [4.69, 9.17) is 4.74 Å². The Morgan fingerprint density at radius 3 is 2.43 bits per heavy atom. The van der Waals surface area contributed by atoms with E-state index in [0.717, 1.165) is 10.2 Å². The van der Waals surface area contributed by atoms with Gasteiger partial charge in [0.2, 0.25) is 0 Å². The number of thiophene rings is 1. The predicted octanol–water partition coefficient (Wildman–Crippen LogP) is 5.10. The number of alkyl carbamates (subject to hydrolysis) is 1. The van der Waals surface area contributed by atoms with E-state index in [1.807, 2.05) is 20.8 Å². The van der Waals surface area contributed by atoms with E-state index in [1.54, 1.807) is 11.3 Å². The molecule has 0 fully saturated rings. The summed E-state index contributed by atoms with van der Waals surface area (Å²) in [6.45, 7) is 12.7. The van der Waals surface area contributed by atoms with Gasteiger partial charge < -0.3 is 15.4 Å². The SMILES string of the molecule is CC(C)CC(CNC(=O)OC(C)(C)C)NC(C)c1ccc(Br)s1. The highest BCUT2D eigenvalue weighted by Crippen LogP contribution is 2.27. The first-order chi connectivity index (χ1) is 10.6. The fraction of sp³-hybridized carbons (Fsp3) is 0.706. The predicted molar refractivity (Wildman–Crippen MR) is 101 cm³/mol. The first-order valence-electron chi connectivity index (χ1n) is 8.05. The van der Waals surface area contributed by atoms with E-state index in [2.05, 4.69) is 59.5 Å². The van der Waals surface area contributed by atoms with E-state index >= 15 is 0 Å². The van der Waals surface area contributed by atoms with Crippen LogP contribution >= 0.6 is 27.3 Å². The molecule has 0 aliphatic carbocycles. The summed E-state index contributed by atoms with van der Waals surface area (Å²) >= 11 is 5.23. The number of amides is 1. The molecule has 4 nitrogen and oxygen atoms in total. The molecule has 132 valence electrons. The lowest BCUT2D eigenvalue weighted by Gasteiger charge is -2.26. The van der Waals surface area contributed by atoms with Gasteiger partial charge in [-0.15, -0.1) is 11.3 Å². The topological polar surface area (TPSA) is 50.4 Å². The molecule has 1 rings (SSSR count). The molecule has 2 N–H and O–H groups in total. The highest BCUT2D eigenvalue weighted by atomic mass is 79.9. The Morgan fingerprint density at radius 1 is 1.30 bits per heavy atom. The molecular formula is C17H29BrN2O2S. The van der Waals surface area contributed by atoms with Gasteiger partial charge in [-0.2, -0.15) is 0 Å². The number of ether oxygens (including phenoxy) is 1. The van der Waals surface area contributed by atoms with Crippen molar-refractivity contribution in [1.82, 2.24) is 10.6 Å². The fourth-order valence-electron chi connectivity index (χ4n) is 2.30. The monoisotopic (exact) mass is 404 g/mol. The molecular weight excluding hydrogens is 376 g/mol. The summed E-state index contributed by atoms with van der Waals surface area (Å²) in [4.78, 5) is 13.1. The Balaban J connectivity index is 2.57. The van der Waals surface area contributed by atoms with Crippen molar-refractivity contribution in [2.75, 3.05) is 6.54 Å². The molecule has 23 heavy (non-hydrogen) atoms. The van der Waals surface area contributed by atoms with Crippen LogP contribution in [0.2, 0.25) is 0 Å². The normalized spacial score (nSPS) is 14.6. The Morgan fingerprint density at radius 2 is 1.96 bits per heavy atom. The van der Waals surface area contributed by atoms with E-state index in [0.29, 0.717) is 12.5 Å². The van der Waals surface area contributed by atoms with Crippen LogP contribution in [0.5, 0.6) is 0 Å². The summed E-state index contributed by atoms with van der Waals surface area (Å²) in [5, 5.41) is 6.49. The molecule has 0 aliphatic heterocycles. The average molecular weight is 405 g/mol. The minimum absolute atomic E-state index is 0.207. The number of carbonyl (C=O) groups is 1. The lowest BCUT2D eigenvalue weighted by atomic mass is 10.0. The van der Waals surface area contributed by atoms with Crippen LogP contribution in [0.1, 0.15) is 58.9 Å². The Labute approximate surface area is 152 Å². The van der Waals surface area contributed by atoms with Crippen molar-refractivity contribution in [3.8, 4) is 0 Å².